The number of nitrogens with one attached hydrogen (secondary N) is 2. The zero-order valence-electron chi connectivity index (χ0n) is 15.7. The molecule has 0 aromatic heterocycles. The van der Waals surface area contributed by atoms with E-state index in [1.54, 1.807) is 0 Å². The van der Waals surface area contributed by atoms with Gasteiger partial charge in [-0.2, -0.15) is 24.4 Å². The highest BCUT2D eigenvalue weighted by Crippen LogP contribution is 2.19. The lowest BCUT2D eigenvalue weighted by molar-refractivity contribution is -0.149. The Morgan fingerprint density at radius 2 is 1.89 bits per heavy atom. The van der Waals surface area contributed by atoms with Crippen LogP contribution in [0.3, 0.4) is 0 Å². The van der Waals surface area contributed by atoms with Crippen molar-refractivity contribution in [3.63, 3.8) is 0 Å². The van der Waals surface area contributed by atoms with E-state index in [2.05, 4.69) is 23.3 Å². The van der Waals surface area contributed by atoms with Gasteiger partial charge in [0.25, 0.3) is 0 Å². The number of carboxylic acids is 1. The van der Waals surface area contributed by atoms with E-state index in [0.717, 1.165) is 0 Å². The Bertz CT molecular complexity index is 579. The van der Waals surface area contributed by atoms with Gasteiger partial charge in [-0.25, -0.2) is 4.79 Å². The number of carboxylic acid groups (broad SMARTS) is 1. The quantitative estimate of drug-likeness (QED) is 0.203. The molecule has 28 heavy (non-hydrogen) atoms. The van der Waals surface area contributed by atoms with Crippen LogP contribution in [0.25, 0.3) is 0 Å². The van der Waals surface area contributed by atoms with E-state index in [1.807, 2.05) is 6.26 Å². The van der Waals surface area contributed by atoms with Crippen molar-refractivity contribution in [2.45, 2.75) is 43.4 Å². The number of carbonyl (C=O) groups is 4. The summed E-state index contributed by atoms with van der Waals surface area (Å²) in [5.74, 6) is -2.33. The van der Waals surface area contributed by atoms with Gasteiger partial charge in [0.2, 0.25) is 17.7 Å². The molecule has 1 rings (SSSR count). The second-order valence-corrected chi connectivity index (χ2v) is 7.75. The SMILES string of the molecule is CSCCC(NC(=O)C(CS)NC(=O)C(N)CO)C(=O)N1CCCC1C(=O)O. The predicted molar refractivity (Wildman–Crippen MR) is 108 cm³/mol. The lowest BCUT2D eigenvalue weighted by Crippen LogP contribution is -2.58. The normalized spacial score (nSPS) is 19.6. The van der Waals surface area contributed by atoms with Crippen LogP contribution >= 0.6 is 24.4 Å². The van der Waals surface area contributed by atoms with E-state index in [-0.39, 0.29) is 5.75 Å². The Kier molecular flexibility index (Phi) is 10.6. The second kappa shape index (κ2) is 12.1. The van der Waals surface area contributed by atoms with Crippen LogP contribution in [0.4, 0.5) is 0 Å². The number of nitrogens with two attached hydrogens (primary N) is 1. The summed E-state index contributed by atoms with van der Waals surface area (Å²) in [6, 6.07) is -4.04. The van der Waals surface area contributed by atoms with Crippen molar-refractivity contribution in [2.24, 2.45) is 5.73 Å². The number of rotatable bonds is 11. The monoisotopic (exact) mass is 436 g/mol. The molecule has 12 heteroatoms. The third-order valence-electron chi connectivity index (χ3n) is 4.40. The first-order chi connectivity index (χ1) is 13.3. The van der Waals surface area contributed by atoms with Crippen molar-refractivity contribution in [1.82, 2.24) is 15.5 Å². The molecule has 1 heterocycles. The maximum atomic E-state index is 12.9. The molecule has 4 unspecified atom stereocenters. The van der Waals surface area contributed by atoms with E-state index in [0.29, 0.717) is 31.6 Å². The van der Waals surface area contributed by atoms with Gasteiger partial charge in [0.1, 0.15) is 24.2 Å². The highest BCUT2D eigenvalue weighted by Gasteiger charge is 2.38. The molecule has 6 N–H and O–H groups in total. The smallest absolute Gasteiger partial charge is 0.326 e. The van der Waals surface area contributed by atoms with Crippen LogP contribution in [-0.4, -0.2) is 93.9 Å². The van der Waals surface area contributed by atoms with E-state index >= 15 is 0 Å². The van der Waals surface area contributed by atoms with Crippen molar-refractivity contribution in [1.29, 1.82) is 0 Å². The second-order valence-electron chi connectivity index (χ2n) is 6.40. The van der Waals surface area contributed by atoms with Crippen molar-refractivity contribution < 1.29 is 29.4 Å². The molecule has 0 spiro atoms. The van der Waals surface area contributed by atoms with Crippen molar-refractivity contribution in [3.05, 3.63) is 0 Å². The van der Waals surface area contributed by atoms with Gasteiger partial charge >= 0.3 is 5.97 Å². The first-order valence-corrected chi connectivity index (χ1v) is 10.9. The van der Waals surface area contributed by atoms with Crippen LogP contribution < -0.4 is 16.4 Å². The first-order valence-electron chi connectivity index (χ1n) is 8.87. The number of aliphatic hydroxyl groups excluding tert-OH is 1. The van der Waals surface area contributed by atoms with Gasteiger partial charge in [-0.15, -0.1) is 0 Å². The van der Waals surface area contributed by atoms with Crippen LogP contribution in [0.2, 0.25) is 0 Å². The lowest BCUT2D eigenvalue weighted by atomic mass is 10.1. The standard InChI is InChI=1S/C16H28N4O6S2/c1-28-6-4-10(15(24)20-5-2-3-12(20)16(25)26)18-14(23)11(8-27)19-13(22)9(17)7-21/h9-12,21,27H,2-8,17H2,1H3,(H,18,23)(H,19,22)(H,25,26). The Labute approximate surface area is 173 Å². The number of nitrogens with zero attached hydrogens (tertiary/aromatic N) is 1. The Hall–Kier alpha value is -1.50. The number of hydrogen-bond donors (Lipinski definition) is 6. The molecule has 1 aliphatic heterocycles. The van der Waals surface area contributed by atoms with Crippen molar-refractivity contribution in [3.8, 4) is 0 Å². The number of hydrogen-bond acceptors (Lipinski definition) is 8. The minimum Gasteiger partial charge on any atom is -0.480 e. The molecule has 4 atom stereocenters. The molecule has 0 bridgehead atoms. The fourth-order valence-corrected chi connectivity index (χ4v) is 3.54. The van der Waals surface area contributed by atoms with Crippen LogP contribution in [0.15, 0.2) is 0 Å². The van der Waals surface area contributed by atoms with E-state index in [9.17, 15) is 24.3 Å². The van der Waals surface area contributed by atoms with Gasteiger partial charge in [0, 0.05) is 12.3 Å². The van der Waals surface area contributed by atoms with Crippen molar-refractivity contribution >= 4 is 48.1 Å². The van der Waals surface area contributed by atoms with Gasteiger partial charge in [0.15, 0.2) is 0 Å². The molecule has 1 saturated heterocycles. The predicted octanol–water partition coefficient (Wildman–Crippen LogP) is -1.97. The average molecular weight is 437 g/mol. The van der Waals surface area contributed by atoms with E-state index in [1.165, 1.54) is 16.7 Å². The molecule has 0 radical (unpaired) electrons. The van der Waals surface area contributed by atoms with Gasteiger partial charge in [-0.05, 0) is 31.3 Å². The molecule has 160 valence electrons. The molecular weight excluding hydrogens is 408 g/mol. The first kappa shape index (κ1) is 24.5. The summed E-state index contributed by atoms with van der Waals surface area (Å²) in [6.07, 6.45) is 3.13. The molecule has 10 nitrogen and oxygen atoms in total. The number of amides is 3. The van der Waals surface area contributed by atoms with Gasteiger partial charge < -0.3 is 31.5 Å². The summed E-state index contributed by atoms with van der Waals surface area (Å²) >= 11 is 5.53. The molecule has 0 saturated carbocycles. The summed E-state index contributed by atoms with van der Waals surface area (Å²) in [5.41, 5.74) is 5.42. The maximum absolute atomic E-state index is 12.9. The third kappa shape index (κ3) is 6.83. The molecule has 3 amide bonds. The molecule has 1 fully saturated rings. The van der Waals surface area contributed by atoms with Gasteiger partial charge in [0.05, 0.1) is 6.61 Å². The molecule has 0 aliphatic carbocycles. The number of likely N-dealkylation sites (tertiary alicyclic amines) is 1. The molecule has 1 aliphatic rings. The number of carbonyl (C=O) groups excluding carboxylic acids is 3. The fourth-order valence-electron chi connectivity index (χ4n) is 2.81. The zero-order chi connectivity index (χ0) is 21.3. The summed E-state index contributed by atoms with van der Waals surface area (Å²) in [5, 5.41) is 23.2. The van der Waals surface area contributed by atoms with Gasteiger partial charge in [-0.3, -0.25) is 14.4 Å². The Morgan fingerprint density at radius 1 is 1.25 bits per heavy atom. The van der Waals surface area contributed by atoms with Gasteiger partial charge in [-0.1, -0.05) is 0 Å². The van der Waals surface area contributed by atoms with Crippen molar-refractivity contribution in [2.75, 3.05) is 30.9 Å². The van der Waals surface area contributed by atoms with E-state index in [4.69, 9.17) is 10.8 Å². The largest absolute Gasteiger partial charge is 0.480 e. The molecule has 0 aromatic carbocycles. The van der Waals surface area contributed by atoms with Crippen LogP contribution in [-0.2, 0) is 19.2 Å². The fraction of sp³-hybridized carbons (Fsp3) is 0.750. The summed E-state index contributed by atoms with van der Waals surface area (Å²) in [4.78, 5) is 49.9. The number of thioether (sulfide) groups is 1. The Balaban J connectivity index is 2.85. The van der Waals surface area contributed by atoms with Crippen LogP contribution in [0.5, 0.6) is 0 Å². The maximum Gasteiger partial charge on any atom is 0.326 e. The minimum absolute atomic E-state index is 0.0410. The molecule has 0 aromatic rings. The number of thiol groups is 1. The lowest BCUT2D eigenvalue weighted by Gasteiger charge is -2.28. The number of aliphatic carboxylic acids is 1. The summed E-state index contributed by atoms with van der Waals surface area (Å²) in [6.45, 7) is -0.257. The summed E-state index contributed by atoms with van der Waals surface area (Å²) < 4.78 is 0. The number of aliphatic hydroxyl groups is 1. The van der Waals surface area contributed by atoms with Crippen LogP contribution in [0.1, 0.15) is 19.3 Å². The van der Waals surface area contributed by atoms with E-state index < -0.39 is 54.5 Å². The topological polar surface area (TPSA) is 162 Å². The minimum atomic E-state index is -1.18. The summed E-state index contributed by atoms with van der Waals surface area (Å²) in [7, 11) is 0. The highest BCUT2D eigenvalue weighted by molar-refractivity contribution is 7.98. The molecular formula is C16H28N4O6S2. The average Bonchev–Trinajstić information content (AvgIpc) is 3.17. The highest BCUT2D eigenvalue weighted by atomic mass is 32.2. The third-order valence-corrected chi connectivity index (χ3v) is 5.40. The zero-order valence-corrected chi connectivity index (χ0v) is 17.4. The Morgan fingerprint density at radius 3 is 2.43 bits per heavy atom. The van der Waals surface area contributed by atoms with Crippen LogP contribution in [0, 0.1) is 0 Å².